The maximum absolute atomic E-state index is 11.3. The molecule has 0 bridgehead atoms. The van der Waals surface area contributed by atoms with Crippen LogP contribution in [0, 0.1) is 5.92 Å². The van der Waals surface area contributed by atoms with Crippen LogP contribution in [0.5, 0.6) is 0 Å². The highest BCUT2D eigenvalue weighted by atomic mass is 32.1. The number of nitrogens with zero attached hydrogens (tertiary/aromatic N) is 1. The molecule has 1 N–H and O–H groups in total. The van der Waals surface area contributed by atoms with Crippen LogP contribution < -0.4 is 5.32 Å². The second-order valence-electron chi connectivity index (χ2n) is 4.05. The van der Waals surface area contributed by atoms with Gasteiger partial charge in [-0.25, -0.2) is 4.98 Å². The molecule has 0 amide bonds. The van der Waals surface area contributed by atoms with Crippen molar-refractivity contribution in [3.05, 3.63) is 11.6 Å². The van der Waals surface area contributed by atoms with E-state index in [1.807, 2.05) is 5.38 Å². The fourth-order valence-electron chi connectivity index (χ4n) is 2.11. The summed E-state index contributed by atoms with van der Waals surface area (Å²) in [5, 5.41) is 6.33. The summed E-state index contributed by atoms with van der Waals surface area (Å²) in [5.41, 5.74) is 0. The molecule has 16 heavy (non-hydrogen) atoms. The average molecular weight is 240 g/mol. The second kappa shape index (κ2) is 5.30. The number of carbonyl (C=O) groups is 1. The van der Waals surface area contributed by atoms with Crippen molar-refractivity contribution in [3.8, 4) is 0 Å². The minimum atomic E-state index is -0.0623. The summed E-state index contributed by atoms with van der Waals surface area (Å²) in [7, 11) is 1.46. The number of rotatable bonds is 3. The summed E-state index contributed by atoms with van der Waals surface area (Å²) in [6.07, 6.45) is 5.65. The Morgan fingerprint density at radius 2 is 2.25 bits per heavy atom. The monoisotopic (exact) mass is 240 g/mol. The van der Waals surface area contributed by atoms with E-state index in [9.17, 15) is 4.79 Å². The molecule has 1 aliphatic rings. The van der Waals surface area contributed by atoms with E-state index in [1.54, 1.807) is 17.5 Å². The van der Waals surface area contributed by atoms with Gasteiger partial charge in [0.1, 0.15) is 0 Å². The Kier molecular flexibility index (Phi) is 3.77. The fourth-order valence-corrected chi connectivity index (χ4v) is 2.72. The van der Waals surface area contributed by atoms with Gasteiger partial charge >= 0.3 is 5.97 Å². The quantitative estimate of drug-likeness (QED) is 0.824. The molecule has 0 aliphatic heterocycles. The lowest BCUT2D eigenvalue weighted by Crippen LogP contribution is -2.29. The van der Waals surface area contributed by atoms with Gasteiger partial charge in [0.05, 0.1) is 13.0 Å². The van der Waals surface area contributed by atoms with E-state index in [0.717, 1.165) is 30.8 Å². The van der Waals surface area contributed by atoms with Gasteiger partial charge < -0.3 is 10.1 Å². The summed E-state index contributed by atoms with van der Waals surface area (Å²) < 4.78 is 4.76. The van der Waals surface area contributed by atoms with E-state index in [-0.39, 0.29) is 11.9 Å². The highest BCUT2D eigenvalue weighted by Crippen LogP contribution is 2.27. The zero-order valence-electron chi connectivity index (χ0n) is 9.31. The van der Waals surface area contributed by atoms with Crippen LogP contribution in [0.2, 0.25) is 0 Å². The second-order valence-corrected chi connectivity index (χ2v) is 4.95. The van der Waals surface area contributed by atoms with Crippen LogP contribution in [0.4, 0.5) is 5.13 Å². The van der Waals surface area contributed by atoms with Gasteiger partial charge in [-0.3, -0.25) is 4.79 Å². The van der Waals surface area contributed by atoms with Gasteiger partial charge in [0.25, 0.3) is 0 Å². The molecule has 0 atom stereocenters. The molecule has 5 heteroatoms. The molecule has 1 saturated carbocycles. The van der Waals surface area contributed by atoms with Crippen molar-refractivity contribution in [1.82, 2.24) is 4.98 Å². The number of hydrogen-bond acceptors (Lipinski definition) is 5. The first-order chi connectivity index (χ1) is 7.79. The molecule has 4 nitrogen and oxygen atoms in total. The number of nitrogens with one attached hydrogen (secondary N) is 1. The molecule has 0 unspecified atom stereocenters. The average Bonchev–Trinajstić information content (AvgIpc) is 2.82. The Labute approximate surface area is 99.0 Å². The molecule has 0 spiro atoms. The first-order valence-electron chi connectivity index (χ1n) is 5.53. The van der Waals surface area contributed by atoms with Crippen molar-refractivity contribution in [2.75, 3.05) is 12.4 Å². The Hall–Kier alpha value is -1.10. The van der Waals surface area contributed by atoms with Crippen LogP contribution in [0.3, 0.4) is 0 Å². The lowest BCUT2D eigenvalue weighted by atomic mass is 9.86. The zero-order chi connectivity index (χ0) is 11.4. The molecule has 1 fully saturated rings. The van der Waals surface area contributed by atoms with Gasteiger partial charge in [0.2, 0.25) is 0 Å². The number of hydrogen-bond donors (Lipinski definition) is 1. The van der Waals surface area contributed by atoms with Crippen LogP contribution in [0.25, 0.3) is 0 Å². The molecule has 0 aromatic carbocycles. The number of thiazole rings is 1. The number of methoxy groups -OCH3 is 1. The van der Waals surface area contributed by atoms with Gasteiger partial charge in [0, 0.05) is 17.6 Å². The van der Waals surface area contributed by atoms with E-state index in [2.05, 4.69) is 10.3 Å². The molecule has 1 aromatic rings. The molecular weight excluding hydrogens is 224 g/mol. The summed E-state index contributed by atoms with van der Waals surface area (Å²) in [5.74, 6) is 0.0343. The maximum atomic E-state index is 11.3. The predicted octanol–water partition coefficient (Wildman–Crippen LogP) is 2.29. The number of ether oxygens (including phenoxy) is 1. The third-order valence-corrected chi connectivity index (χ3v) is 3.73. The number of esters is 1. The van der Waals surface area contributed by atoms with E-state index in [0.29, 0.717) is 6.04 Å². The molecule has 1 aliphatic carbocycles. The fraction of sp³-hybridized carbons (Fsp3) is 0.636. The molecule has 0 radical (unpaired) electrons. The van der Waals surface area contributed by atoms with Crippen LogP contribution in [0.15, 0.2) is 11.6 Å². The molecule has 1 heterocycles. The third-order valence-electron chi connectivity index (χ3n) is 3.02. The van der Waals surface area contributed by atoms with Crippen LogP contribution in [-0.2, 0) is 9.53 Å². The van der Waals surface area contributed by atoms with Crippen molar-refractivity contribution in [1.29, 1.82) is 0 Å². The molecular formula is C11H16N2O2S. The Balaban J connectivity index is 1.79. The molecule has 1 aromatic heterocycles. The predicted molar refractivity (Wildman–Crippen MR) is 63.5 cm³/mol. The number of aromatic nitrogens is 1. The van der Waals surface area contributed by atoms with Crippen molar-refractivity contribution in [3.63, 3.8) is 0 Å². The standard InChI is InChI=1S/C11H16N2O2S/c1-15-10(14)8-2-4-9(5-3-8)13-11-12-6-7-16-11/h6-9H,2-5H2,1H3,(H,12,13). The Morgan fingerprint density at radius 3 is 2.81 bits per heavy atom. The minimum absolute atomic E-state index is 0.0623. The summed E-state index contributed by atoms with van der Waals surface area (Å²) in [6, 6.07) is 0.451. The minimum Gasteiger partial charge on any atom is -0.469 e. The first kappa shape index (κ1) is 11.4. The lowest BCUT2D eigenvalue weighted by Gasteiger charge is -2.27. The third kappa shape index (κ3) is 2.72. The number of anilines is 1. The van der Waals surface area contributed by atoms with Gasteiger partial charge in [-0.05, 0) is 25.7 Å². The summed E-state index contributed by atoms with van der Waals surface area (Å²) >= 11 is 1.61. The normalized spacial score (nSPS) is 25.1. The van der Waals surface area contributed by atoms with Gasteiger partial charge in [-0.1, -0.05) is 0 Å². The van der Waals surface area contributed by atoms with Gasteiger partial charge in [0.15, 0.2) is 5.13 Å². The van der Waals surface area contributed by atoms with Gasteiger partial charge in [-0.15, -0.1) is 11.3 Å². The van der Waals surface area contributed by atoms with E-state index >= 15 is 0 Å². The van der Waals surface area contributed by atoms with Crippen LogP contribution in [0.1, 0.15) is 25.7 Å². The Morgan fingerprint density at radius 1 is 1.50 bits per heavy atom. The summed E-state index contributed by atoms with van der Waals surface area (Å²) in [4.78, 5) is 15.5. The maximum Gasteiger partial charge on any atom is 0.308 e. The van der Waals surface area contributed by atoms with E-state index in [4.69, 9.17) is 4.74 Å². The highest BCUT2D eigenvalue weighted by molar-refractivity contribution is 7.13. The topological polar surface area (TPSA) is 51.2 Å². The van der Waals surface area contributed by atoms with Crippen molar-refractivity contribution < 1.29 is 9.53 Å². The smallest absolute Gasteiger partial charge is 0.308 e. The van der Waals surface area contributed by atoms with Crippen molar-refractivity contribution >= 4 is 22.4 Å². The first-order valence-corrected chi connectivity index (χ1v) is 6.41. The van der Waals surface area contributed by atoms with Crippen LogP contribution in [-0.4, -0.2) is 24.1 Å². The Bertz CT molecular complexity index is 332. The lowest BCUT2D eigenvalue weighted by molar-refractivity contribution is -0.146. The van der Waals surface area contributed by atoms with E-state index < -0.39 is 0 Å². The van der Waals surface area contributed by atoms with Crippen molar-refractivity contribution in [2.24, 2.45) is 5.92 Å². The zero-order valence-corrected chi connectivity index (χ0v) is 10.1. The van der Waals surface area contributed by atoms with Gasteiger partial charge in [-0.2, -0.15) is 0 Å². The van der Waals surface area contributed by atoms with Crippen LogP contribution >= 0.6 is 11.3 Å². The van der Waals surface area contributed by atoms with Crippen molar-refractivity contribution in [2.45, 2.75) is 31.7 Å². The van der Waals surface area contributed by atoms with E-state index in [1.165, 1.54) is 7.11 Å². The SMILES string of the molecule is COC(=O)C1CCC(Nc2nccs2)CC1. The summed E-state index contributed by atoms with van der Waals surface area (Å²) in [6.45, 7) is 0. The molecule has 88 valence electrons. The largest absolute Gasteiger partial charge is 0.469 e. The highest BCUT2D eigenvalue weighted by Gasteiger charge is 2.26. The molecule has 2 rings (SSSR count). The number of carbonyl (C=O) groups excluding carboxylic acids is 1. The molecule has 0 saturated heterocycles.